The van der Waals surface area contributed by atoms with Gasteiger partial charge in [-0.05, 0) is 63.8 Å². The van der Waals surface area contributed by atoms with Crippen molar-refractivity contribution < 1.29 is 18.6 Å². The van der Waals surface area contributed by atoms with Crippen LogP contribution in [0.5, 0.6) is 5.75 Å². The summed E-state index contributed by atoms with van der Waals surface area (Å²) in [5, 5.41) is 4.23. The summed E-state index contributed by atoms with van der Waals surface area (Å²) in [6.45, 7) is 4.27. The molecule has 0 spiro atoms. The number of nitrogens with zero attached hydrogens (tertiary/aromatic N) is 4. The number of ether oxygens (including phenoxy) is 1. The van der Waals surface area contributed by atoms with E-state index in [9.17, 15) is 13.2 Å². The number of sulfonamides is 1. The largest absolute Gasteiger partial charge is 0.493 e. The fourth-order valence-corrected chi connectivity index (χ4v) is 5.26. The Labute approximate surface area is 217 Å². The van der Waals surface area contributed by atoms with Gasteiger partial charge in [0.15, 0.2) is 5.52 Å². The number of likely N-dealkylation sites (tertiary alicyclic amines) is 1. The highest BCUT2D eigenvalue weighted by molar-refractivity contribution is 7.89. The Balaban J connectivity index is 1.78. The molecule has 1 atom stereocenters. The summed E-state index contributed by atoms with van der Waals surface area (Å²) in [5.74, 6) is 0.292. The molecule has 1 fully saturated rings. The summed E-state index contributed by atoms with van der Waals surface area (Å²) < 4.78 is 69.8. The predicted molar refractivity (Wildman–Crippen MR) is 140 cm³/mol. The van der Waals surface area contributed by atoms with Crippen LogP contribution in [0.1, 0.15) is 57.1 Å². The zero-order valence-corrected chi connectivity index (χ0v) is 21.9. The number of benzene rings is 1. The molecular weight excluding hydrogens is 480 g/mol. The minimum absolute atomic E-state index is 0.00437. The first-order valence-electron chi connectivity index (χ1n) is 14.2. The second kappa shape index (κ2) is 11.1. The van der Waals surface area contributed by atoms with Crippen molar-refractivity contribution in [2.24, 2.45) is 7.05 Å². The molecule has 4 rings (SSSR count). The highest BCUT2D eigenvalue weighted by atomic mass is 32.2. The maximum Gasteiger partial charge on any atom is 0.277 e. The lowest BCUT2D eigenvalue weighted by atomic mass is 10.1. The molecule has 0 aliphatic carbocycles. The van der Waals surface area contributed by atoms with Crippen LogP contribution in [0.2, 0.25) is 0 Å². The summed E-state index contributed by atoms with van der Waals surface area (Å²) >= 11 is 0. The van der Waals surface area contributed by atoms with Crippen molar-refractivity contribution in [3.63, 3.8) is 0 Å². The molecule has 36 heavy (non-hydrogen) atoms. The first kappa shape index (κ1) is 21.3. The van der Waals surface area contributed by atoms with E-state index in [1.54, 1.807) is 6.92 Å². The van der Waals surface area contributed by atoms with Gasteiger partial charge in [-0.2, -0.15) is 5.10 Å². The van der Waals surface area contributed by atoms with Crippen LogP contribution in [0.25, 0.3) is 22.4 Å². The van der Waals surface area contributed by atoms with Crippen molar-refractivity contribution in [1.29, 1.82) is 0 Å². The first-order valence-corrected chi connectivity index (χ1v) is 13.6. The minimum atomic E-state index is -4.15. The molecule has 1 unspecified atom stereocenters. The molecule has 0 amide bonds. The lowest BCUT2D eigenvalue weighted by Gasteiger charge is -2.19. The van der Waals surface area contributed by atoms with E-state index in [0.29, 0.717) is 19.4 Å². The van der Waals surface area contributed by atoms with Crippen LogP contribution >= 0.6 is 0 Å². The molecule has 10 nitrogen and oxygen atoms in total. The summed E-state index contributed by atoms with van der Waals surface area (Å²) in [6.07, 6.45) is -1.34. The summed E-state index contributed by atoms with van der Waals surface area (Å²) in [4.78, 5) is 22.1. The highest BCUT2D eigenvalue weighted by Gasteiger charge is 2.23. The average Bonchev–Trinajstić information content (AvgIpc) is 3.50. The Morgan fingerprint density at radius 3 is 2.78 bits per heavy atom. The number of aryl methyl sites for hydroxylation is 2. The maximum absolute atomic E-state index is 13.3. The number of aromatic amines is 1. The van der Waals surface area contributed by atoms with E-state index in [1.807, 2.05) is 18.9 Å². The topological polar surface area (TPSA) is 122 Å². The van der Waals surface area contributed by atoms with Gasteiger partial charge in [0.25, 0.3) is 5.56 Å². The summed E-state index contributed by atoms with van der Waals surface area (Å²) in [5.41, 5.74) is -0.178. The number of fused-ring (bicyclic) bond motifs is 1. The number of rotatable bonds is 11. The van der Waals surface area contributed by atoms with Gasteiger partial charge in [0, 0.05) is 25.1 Å². The minimum Gasteiger partial charge on any atom is -0.493 e. The van der Waals surface area contributed by atoms with Crippen LogP contribution in [0.3, 0.4) is 0 Å². The monoisotopic (exact) mass is 520 g/mol. The van der Waals surface area contributed by atoms with Gasteiger partial charge in [-0.1, -0.05) is 20.3 Å². The van der Waals surface area contributed by atoms with Gasteiger partial charge in [0.1, 0.15) is 17.1 Å². The zero-order chi connectivity index (χ0) is 29.5. The van der Waals surface area contributed by atoms with Gasteiger partial charge in [0.2, 0.25) is 10.0 Å². The molecule has 1 aliphatic rings. The van der Waals surface area contributed by atoms with E-state index in [-0.39, 0.29) is 45.2 Å². The normalized spacial score (nSPS) is 19.2. The smallest absolute Gasteiger partial charge is 0.277 e. The average molecular weight is 521 g/mol. The van der Waals surface area contributed by atoms with Crippen LogP contribution in [-0.2, 0) is 23.4 Å². The number of nitrogens with one attached hydrogen (secondary N) is 2. The van der Waals surface area contributed by atoms with Gasteiger partial charge >= 0.3 is 0 Å². The molecule has 1 saturated heterocycles. The molecule has 0 radical (unpaired) electrons. The van der Waals surface area contributed by atoms with Crippen LogP contribution in [0.4, 0.5) is 0 Å². The third-order valence-corrected chi connectivity index (χ3v) is 7.53. The van der Waals surface area contributed by atoms with Gasteiger partial charge in [-0.3, -0.25) is 9.48 Å². The van der Waals surface area contributed by atoms with Crippen LogP contribution in [0.15, 0.2) is 27.9 Å². The highest BCUT2D eigenvalue weighted by Crippen LogP contribution is 2.31. The molecule has 3 aromatic rings. The number of hydrogen-bond acceptors (Lipinski definition) is 7. The number of hydrogen-bond donors (Lipinski definition) is 2. The Morgan fingerprint density at radius 1 is 1.28 bits per heavy atom. The quantitative estimate of drug-likeness (QED) is 0.399. The fourth-order valence-electron chi connectivity index (χ4n) is 4.30. The molecule has 1 aromatic carbocycles. The fraction of sp³-hybridized carbons (Fsp3) is 0.560. The van der Waals surface area contributed by atoms with Crippen LogP contribution in [-0.4, -0.2) is 65.9 Å². The van der Waals surface area contributed by atoms with Crippen molar-refractivity contribution in [3.05, 3.63) is 34.2 Å². The summed E-state index contributed by atoms with van der Waals surface area (Å²) in [6, 6.07) is 3.75. The zero-order valence-electron chi connectivity index (χ0n) is 25.1. The van der Waals surface area contributed by atoms with E-state index in [4.69, 9.17) is 10.2 Å². The second-order valence-corrected chi connectivity index (χ2v) is 10.6. The van der Waals surface area contributed by atoms with Crippen LogP contribution < -0.4 is 15.0 Å². The van der Waals surface area contributed by atoms with E-state index >= 15 is 0 Å². The SMILES string of the molecule is [2H]C([2H])(CC)c1nn(C)c2c(=O)[nH]c(-c3cc(S(=O)(=O)NCC([2H])([2H])C4CCCN4C)ccc3OCCC)nc12. The third kappa shape index (κ3) is 5.47. The van der Waals surface area contributed by atoms with E-state index in [0.717, 1.165) is 13.0 Å². The summed E-state index contributed by atoms with van der Waals surface area (Å²) in [7, 11) is -0.791. The van der Waals surface area contributed by atoms with Gasteiger partial charge in [-0.15, -0.1) is 0 Å². The van der Waals surface area contributed by atoms with Crippen molar-refractivity contribution >= 4 is 21.1 Å². The lowest BCUT2D eigenvalue weighted by molar-refractivity contribution is 0.297. The van der Waals surface area contributed by atoms with Crippen molar-refractivity contribution in [3.8, 4) is 17.1 Å². The van der Waals surface area contributed by atoms with E-state index in [2.05, 4.69) is 19.8 Å². The molecule has 3 heterocycles. The van der Waals surface area contributed by atoms with E-state index in [1.165, 1.54) is 29.9 Å². The standard InChI is InChI=1S/C25H36N6O4S/c1-5-8-20-22-23(31(4)29-20)25(32)28-24(27-22)19-16-18(10-11-21(19)35-15-6-2)36(33,34)26-13-12-17-9-7-14-30(17)3/h10-11,16-17,26H,5-9,12-15H2,1-4H3,(H,27,28,32)/i8D2,12D2. The van der Waals surface area contributed by atoms with Gasteiger partial charge in [0.05, 0.1) is 22.8 Å². The molecular formula is C25H36N6O4S. The molecule has 0 bridgehead atoms. The molecule has 2 N–H and O–H groups in total. The Hall–Kier alpha value is -2.76. The van der Waals surface area contributed by atoms with Crippen molar-refractivity contribution in [2.75, 3.05) is 26.7 Å². The third-order valence-electron chi connectivity index (χ3n) is 6.14. The van der Waals surface area contributed by atoms with Crippen LogP contribution in [0, 0.1) is 0 Å². The molecule has 196 valence electrons. The van der Waals surface area contributed by atoms with Gasteiger partial charge in [-0.25, -0.2) is 18.1 Å². The number of H-pyrrole nitrogens is 1. The van der Waals surface area contributed by atoms with Crippen molar-refractivity contribution in [1.82, 2.24) is 29.4 Å². The number of aromatic nitrogens is 4. The molecule has 0 saturated carbocycles. The van der Waals surface area contributed by atoms with Gasteiger partial charge < -0.3 is 14.6 Å². The Bertz CT molecular complexity index is 1560. The molecule has 11 heteroatoms. The van der Waals surface area contributed by atoms with E-state index < -0.39 is 40.9 Å². The maximum atomic E-state index is 13.3. The Kier molecular flexibility index (Phi) is 6.58. The molecule has 1 aliphatic heterocycles. The molecule has 2 aromatic heterocycles. The lowest BCUT2D eigenvalue weighted by Crippen LogP contribution is -2.31. The second-order valence-electron chi connectivity index (χ2n) is 8.79. The van der Waals surface area contributed by atoms with Crippen molar-refractivity contribution in [2.45, 2.75) is 63.2 Å². The predicted octanol–water partition coefficient (Wildman–Crippen LogP) is 2.83. The first-order chi connectivity index (χ1) is 18.7. The Morgan fingerprint density at radius 2 is 2.08 bits per heavy atom.